The van der Waals surface area contributed by atoms with Crippen molar-refractivity contribution in [3.05, 3.63) is 35.8 Å². The molecule has 1 aromatic carbocycles. The van der Waals surface area contributed by atoms with Gasteiger partial charge < -0.3 is 10.2 Å². The van der Waals surface area contributed by atoms with E-state index in [1.54, 1.807) is 13.0 Å². The Kier molecular flexibility index (Phi) is 3.91. The van der Waals surface area contributed by atoms with Crippen LogP contribution >= 0.6 is 0 Å². The van der Waals surface area contributed by atoms with Crippen molar-refractivity contribution in [2.75, 3.05) is 10.1 Å². The quantitative estimate of drug-likeness (QED) is 0.756. The number of nitrogens with one attached hydrogen (secondary N) is 1. The van der Waals surface area contributed by atoms with Gasteiger partial charge >= 0.3 is 10.2 Å². The van der Waals surface area contributed by atoms with Crippen LogP contribution in [0, 0.1) is 0 Å². The van der Waals surface area contributed by atoms with Crippen LogP contribution in [-0.2, 0) is 26.8 Å². The molecular formula is C11H14N2O5S2. The molecule has 0 fully saturated rings. The van der Waals surface area contributed by atoms with E-state index in [-0.39, 0.29) is 17.2 Å². The van der Waals surface area contributed by atoms with Gasteiger partial charge in [0.25, 0.3) is 0 Å². The minimum Gasteiger partial charge on any atom is -0.506 e. The van der Waals surface area contributed by atoms with Crippen LogP contribution in [0.3, 0.4) is 0 Å². The third kappa shape index (κ3) is 2.88. The van der Waals surface area contributed by atoms with E-state index in [0.29, 0.717) is 11.3 Å². The topological polar surface area (TPSA) is 107 Å². The lowest BCUT2D eigenvalue weighted by Crippen LogP contribution is -2.29. The lowest BCUT2D eigenvalue weighted by molar-refractivity contribution is 0.392. The molecule has 20 heavy (non-hydrogen) atoms. The Hall–Kier alpha value is -1.74. The molecule has 2 rings (SSSR count). The number of aliphatic hydroxyl groups is 1. The molecule has 0 aliphatic carbocycles. The zero-order valence-corrected chi connectivity index (χ0v) is 12.2. The summed E-state index contributed by atoms with van der Waals surface area (Å²) in [4.78, 5) is 0. The van der Waals surface area contributed by atoms with Crippen molar-refractivity contribution in [2.24, 2.45) is 0 Å². The highest BCUT2D eigenvalue weighted by molar-refractivity contribution is 7.91. The summed E-state index contributed by atoms with van der Waals surface area (Å²) in [6.07, 6.45) is 0.953. The minimum atomic E-state index is -3.93. The van der Waals surface area contributed by atoms with Gasteiger partial charge in [-0.15, -0.1) is 0 Å². The van der Waals surface area contributed by atoms with E-state index < -0.39 is 26.9 Å². The molecule has 0 bridgehead atoms. The van der Waals surface area contributed by atoms with E-state index >= 15 is 0 Å². The van der Waals surface area contributed by atoms with Gasteiger partial charge in [0.1, 0.15) is 11.4 Å². The number of hydrogen-bond acceptors (Lipinski definition) is 5. The maximum absolute atomic E-state index is 11.7. The molecule has 0 saturated carbocycles. The monoisotopic (exact) mass is 318 g/mol. The van der Waals surface area contributed by atoms with Crippen LogP contribution in [0.1, 0.15) is 12.5 Å². The van der Waals surface area contributed by atoms with Crippen LogP contribution in [0.4, 0.5) is 5.69 Å². The third-order valence-corrected chi connectivity index (χ3v) is 5.25. The van der Waals surface area contributed by atoms with Crippen LogP contribution < -0.4 is 9.03 Å². The van der Waals surface area contributed by atoms with Crippen LogP contribution in [0.25, 0.3) is 0 Å². The average Bonchev–Trinajstić information content (AvgIpc) is 2.62. The summed E-state index contributed by atoms with van der Waals surface area (Å²) in [7, 11) is -4.95. The van der Waals surface area contributed by atoms with E-state index in [4.69, 9.17) is 0 Å². The molecule has 1 heterocycles. The van der Waals surface area contributed by atoms with Gasteiger partial charge in [-0.1, -0.05) is 13.0 Å². The van der Waals surface area contributed by atoms with Crippen LogP contribution in [0.2, 0.25) is 0 Å². The van der Waals surface area contributed by atoms with E-state index in [1.807, 2.05) is 4.72 Å². The fourth-order valence-electron chi connectivity index (χ4n) is 1.72. The average molecular weight is 318 g/mol. The maximum atomic E-state index is 11.7. The van der Waals surface area contributed by atoms with Gasteiger partial charge in [0.15, 0.2) is 0 Å². The number of aliphatic hydroxyl groups excluding tert-OH is 1. The number of hydrogen-bond donors (Lipinski definition) is 3. The molecule has 0 amide bonds. The number of nitrogens with zero attached hydrogens (tertiary/aromatic N) is 1. The van der Waals surface area contributed by atoms with Gasteiger partial charge in [-0.2, -0.15) is 8.42 Å². The first kappa shape index (κ1) is 14.7. The van der Waals surface area contributed by atoms with Crippen LogP contribution in [0.15, 0.2) is 30.3 Å². The zero-order chi connectivity index (χ0) is 14.9. The van der Waals surface area contributed by atoms with Crippen molar-refractivity contribution < 1.29 is 22.8 Å². The number of rotatable bonds is 4. The largest absolute Gasteiger partial charge is 0.506 e. The summed E-state index contributed by atoms with van der Waals surface area (Å²) in [5.74, 6) is -0.00698. The summed E-state index contributed by atoms with van der Waals surface area (Å²) >= 11 is 0. The van der Waals surface area contributed by atoms with Crippen molar-refractivity contribution in [3.63, 3.8) is 0 Å². The fraction of sp³-hybridized carbons (Fsp3) is 0.273. The molecule has 7 nitrogen and oxygen atoms in total. The van der Waals surface area contributed by atoms with Gasteiger partial charge in [0.05, 0.1) is 6.20 Å². The number of benzene rings is 1. The van der Waals surface area contributed by atoms with Crippen molar-refractivity contribution in [1.29, 1.82) is 0 Å². The van der Waals surface area contributed by atoms with E-state index in [0.717, 1.165) is 10.5 Å². The molecule has 1 atom stereocenters. The highest BCUT2D eigenvalue weighted by atomic mass is 32.2. The Morgan fingerprint density at radius 2 is 2.05 bits per heavy atom. The van der Waals surface area contributed by atoms with Crippen molar-refractivity contribution in [3.8, 4) is 5.75 Å². The molecule has 0 aromatic heterocycles. The van der Waals surface area contributed by atoms with Crippen LogP contribution in [-0.4, -0.2) is 28.6 Å². The smallest absolute Gasteiger partial charge is 0.330 e. The molecule has 1 aliphatic rings. The second kappa shape index (κ2) is 5.33. The molecule has 0 spiro atoms. The zero-order valence-electron chi connectivity index (χ0n) is 10.6. The Morgan fingerprint density at radius 3 is 2.55 bits per heavy atom. The molecule has 0 saturated heterocycles. The van der Waals surface area contributed by atoms with Gasteiger partial charge in [0, 0.05) is 22.3 Å². The SMILES string of the molecule is CCS(=O)Cc1ccc(N2C=C(O)NS2(=O)=O)c(O)c1. The summed E-state index contributed by atoms with van der Waals surface area (Å²) < 4.78 is 37.4. The standard InChI is InChI=1S/C11H14N2O5S2/c1-2-19(16)7-8-3-4-9(10(14)5-8)13-6-11(15)12-20(13,17)18/h3-6,12,14-15H,2,7H2,1H3. The second-order valence-corrected chi connectivity index (χ2v) is 7.41. The lowest BCUT2D eigenvalue weighted by Gasteiger charge is -2.15. The minimum absolute atomic E-state index is 0.00702. The molecule has 110 valence electrons. The lowest BCUT2D eigenvalue weighted by atomic mass is 10.2. The highest BCUT2D eigenvalue weighted by Crippen LogP contribution is 2.32. The number of phenols is 1. The molecular weight excluding hydrogens is 304 g/mol. The number of phenolic OH excluding ortho intramolecular Hbond substituents is 1. The Morgan fingerprint density at radius 1 is 1.35 bits per heavy atom. The Balaban J connectivity index is 2.33. The molecule has 1 unspecified atom stereocenters. The van der Waals surface area contributed by atoms with E-state index in [9.17, 15) is 22.8 Å². The summed E-state index contributed by atoms with van der Waals surface area (Å²) in [6.45, 7) is 1.79. The first-order valence-corrected chi connectivity index (χ1v) is 8.66. The Labute approximate surface area is 119 Å². The first-order valence-electron chi connectivity index (χ1n) is 5.73. The predicted octanol–water partition coefficient (Wildman–Crippen LogP) is 0.672. The fourth-order valence-corrected chi connectivity index (χ4v) is 3.54. The van der Waals surface area contributed by atoms with E-state index in [1.165, 1.54) is 12.1 Å². The Bertz CT molecular complexity index is 684. The summed E-state index contributed by atoms with van der Waals surface area (Å²) in [5, 5.41) is 19.1. The molecule has 1 aliphatic heterocycles. The van der Waals surface area contributed by atoms with Gasteiger partial charge in [-0.05, 0) is 17.7 Å². The van der Waals surface area contributed by atoms with Gasteiger partial charge in [-0.25, -0.2) is 9.03 Å². The third-order valence-electron chi connectivity index (χ3n) is 2.66. The number of anilines is 1. The molecule has 1 aromatic rings. The van der Waals surface area contributed by atoms with Gasteiger partial charge in [-0.3, -0.25) is 4.21 Å². The van der Waals surface area contributed by atoms with E-state index in [2.05, 4.69) is 0 Å². The predicted molar refractivity (Wildman–Crippen MR) is 75.7 cm³/mol. The first-order chi connectivity index (χ1) is 9.33. The molecule has 0 radical (unpaired) electrons. The van der Waals surface area contributed by atoms with Crippen molar-refractivity contribution >= 4 is 26.7 Å². The highest BCUT2D eigenvalue weighted by Gasteiger charge is 2.30. The normalized spacial score (nSPS) is 18.4. The summed E-state index contributed by atoms with van der Waals surface area (Å²) in [6, 6.07) is 4.34. The maximum Gasteiger partial charge on any atom is 0.330 e. The van der Waals surface area contributed by atoms with Gasteiger partial charge in [0.2, 0.25) is 5.88 Å². The number of aromatic hydroxyl groups is 1. The molecule has 3 N–H and O–H groups in total. The molecule has 9 heteroatoms. The van der Waals surface area contributed by atoms with Crippen LogP contribution in [0.5, 0.6) is 5.75 Å². The van der Waals surface area contributed by atoms with Crippen molar-refractivity contribution in [1.82, 2.24) is 4.72 Å². The second-order valence-electron chi connectivity index (χ2n) is 4.11. The summed E-state index contributed by atoms with van der Waals surface area (Å²) in [5.41, 5.74) is 0.650. The van der Waals surface area contributed by atoms with Crippen molar-refractivity contribution in [2.45, 2.75) is 12.7 Å².